The number of hydrogen-bond acceptors (Lipinski definition) is 11. The molecule has 0 heterocycles. The molecule has 0 saturated carbocycles. The average Bonchev–Trinajstić information content (AvgIpc) is 3.01. The standard InChI is InChI=1S/C29H40Cl4N3O8P/c1-34(2)19-20-43-45(39,40)44-27(21-41-28(37)23-3-7-25(8-4-23)35(15-11-30)16-12-31)22-42-29(38)24-5-9-26(10-6-24)36(17-13-32)18-14-33/h3-10,27H,11-22H2,1-2H3,(H,39,40)/p-1. The highest BCUT2D eigenvalue weighted by Crippen LogP contribution is 2.40. The lowest BCUT2D eigenvalue weighted by Crippen LogP contribution is -2.30. The summed E-state index contributed by atoms with van der Waals surface area (Å²) in [4.78, 5) is 43.8. The van der Waals surface area contributed by atoms with Crippen LogP contribution in [0.3, 0.4) is 0 Å². The van der Waals surface area contributed by atoms with Gasteiger partial charge in [-0.2, -0.15) is 0 Å². The van der Waals surface area contributed by atoms with E-state index in [9.17, 15) is 19.0 Å². The molecule has 0 N–H and O–H groups in total. The van der Waals surface area contributed by atoms with E-state index in [-0.39, 0.29) is 17.7 Å². The summed E-state index contributed by atoms with van der Waals surface area (Å²) in [6.07, 6.45) is -1.37. The molecule has 0 fully saturated rings. The number of anilines is 2. The molecule has 0 aliphatic carbocycles. The number of carbonyl (C=O) groups excluding carboxylic acids is 2. The molecule has 0 amide bonds. The van der Waals surface area contributed by atoms with E-state index in [0.717, 1.165) is 11.4 Å². The number of hydrogen-bond donors (Lipinski definition) is 0. The Morgan fingerprint density at radius 2 is 1.09 bits per heavy atom. The Balaban J connectivity index is 2.09. The summed E-state index contributed by atoms with van der Waals surface area (Å²) in [5.41, 5.74) is 2.08. The zero-order valence-corrected chi connectivity index (χ0v) is 29.2. The number of rotatable bonds is 22. The van der Waals surface area contributed by atoms with Gasteiger partial charge in [0.15, 0.2) is 0 Å². The van der Waals surface area contributed by atoms with Crippen molar-refractivity contribution in [2.45, 2.75) is 6.10 Å². The molecule has 11 nitrogen and oxygen atoms in total. The van der Waals surface area contributed by atoms with Crippen LogP contribution in [0.5, 0.6) is 0 Å². The van der Waals surface area contributed by atoms with Gasteiger partial charge in [0.2, 0.25) is 0 Å². The molecule has 0 aliphatic rings. The van der Waals surface area contributed by atoms with Gasteiger partial charge in [0.1, 0.15) is 19.3 Å². The van der Waals surface area contributed by atoms with Crippen molar-refractivity contribution in [3.63, 3.8) is 0 Å². The Labute approximate surface area is 284 Å². The lowest BCUT2D eigenvalue weighted by atomic mass is 10.2. The number of benzene rings is 2. The lowest BCUT2D eigenvalue weighted by molar-refractivity contribution is -0.232. The second-order valence-corrected chi connectivity index (χ2v) is 12.7. The summed E-state index contributed by atoms with van der Waals surface area (Å²) in [5.74, 6) is 0.158. The van der Waals surface area contributed by atoms with Crippen molar-refractivity contribution in [2.24, 2.45) is 0 Å². The second-order valence-electron chi connectivity index (χ2n) is 9.83. The third-order valence-corrected chi connectivity index (χ3v) is 7.95. The Bertz CT molecular complexity index is 1120. The number of esters is 2. The van der Waals surface area contributed by atoms with Gasteiger partial charge >= 0.3 is 11.9 Å². The highest BCUT2D eigenvalue weighted by molar-refractivity contribution is 7.45. The highest BCUT2D eigenvalue weighted by atomic mass is 35.5. The van der Waals surface area contributed by atoms with Crippen LogP contribution in [0.15, 0.2) is 48.5 Å². The van der Waals surface area contributed by atoms with Gasteiger partial charge < -0.3 is 38.1 Å². The minimum Gasteiger partial charge on any atom is -0.756 e. The fraction of sp³-hybridized carbons (Fsp3) is 0.517. The van der Waals surface area contributed by atoms with Gasteiger partial charge in [0.25, 0.3) is 7.82 Å². The van der Waals surface area contributed by atoms with Gasteiger partial charge in [-0.15, -0.1) is 46.4 Å². The fourth-order valence-corrected chi connectivity index (χ4v) is 5.59. The first kappa shape index (κ1) is 39.4. The van der Waals surface area contributed by atoms with Crippen LogP contribution < -0.4 is 14.7 Å². The number of carbonyl (C=O) groups is 2. The number of halogens is 4. The van der Waals surface area contributed by atoms with Crippen molar-refractivity contribution >= 4 is 77.5 Å². The van der Waals surface area contributed by atoms with E-state index in [0.29, 0.717) is 56.2 Å². The molecular weight excluding hydrogens is 691 g/mol. The van der Waals surface area contributed by atoms with E-state index < -0.39 is 39.1 Å². The topological polar surface area (TPSA) is 121 Å². The van der Waals surface area contributed by atoms with E-state index in [2.05, 4.69) is 0 Å². The number of likely N-dealkylation sites (N-methyl/N-ethyl adjacent to an activating group) is 1. The van der Waals surface area contributed by atoms with Crippen molar-refractivity contribution < 1.29 is 37.6 Å². The molecular formula is C29H39Cl4N3O8P-. The number of alkyl halides is 4. The van der Waals surface area contributed by atoms with Gasteiger partial charge in [-0.3, -0.25) is 4.57 Å². The third-order valence-electron chi connectivity index (χ3n) is 6.22. The number of phosphoric acid groups is 1. The van der Waals surface area contributed by atoms with Gasteiger partial charge in [-0.05, 0) is 62.6 Å². The largest absolute Gasteiger partial charge is 0.756 e. The normalized spacial score (nSPS) is 12.6. The van der Waals surface area contributed by atoms with Gasteiger partial charge in [-0.1, -0.05) is 0 Å². The van der Waals surface area contributed by atoms with Crippen molar-refractivity contribution in [2.75, 3.05) is 100.0 Å². The molecule has 2 aromatic rings. The first-order valence-electron chi connectivity index (χ1n) is 14.1. The zero-order chi connectivity index (χ0) is 33.2. The minimum absolute atomic E-state index is 0.159. The Morgan fingerprint density at radius 3 is 1.42 bits per heavy atom. The summed E-state index contributed by atoms with van der Waals surface area (Å²) in [6, 6.07) is 13.2. The monoisotopic (exact) mass is 728 g/mol. The van der Waals surface area contributed by atoms with Crippen molar-refractivity contribution in [3.05, 3.63) is 59.7 Å². The maximum atomic E-state index is 12.8. The molecule has 2 rings (SSSR count). The maximum absolute atomic E-state index is 12.8. The molecule has 0 aliphatic heterocycles. The van der Waals surface area contributed by atoms with Crippen LogP contribution >= 0.6 is 54.2 Å². The lowest BCUT2D eigenvalue weighted by Gasteiger charge is -2.28. The predicted molar refractivity (Wildman–Crippen MR) is 178 cm³/mol. The number of nitrogens with zero attached hydrogens (tertiary/aromatic N) is 3. The molecule has 2 aromatic carbocycles. The summed E-state index contributed by atoms with van der Waals surface area (Å²) in [6.45, 7) is 1.39. The first-order valence-corrected chi connectivity index (χ1v) is 17.7. The quantitative estimate of drug-likeness (QED) is 0.0953. The van der Waals surface area contributed by atoms with Crippen LogP contribution in [-0.4, -0.2) is 113 Å². The average molecular weight is 730 g/mol. The van der Waals surface area contributed by atoms with Crippen molar-refractivity contribution in [3.8, 4) is 0 Å². The van der Waals surface area contributed by atoms with E-state index in [1.54, 1.807) is 67.5 Å². The Morgan fingerprint density at radius 1 is 0.711 bits per heavy atom. The van der Waals surface area contributed by atoms with E-state index in [1.807, 2.05) is 9.80 Å². The van der Waals surface area contributed by atoms with E-state index >= 15 is 0 Å². The van der Waals surface area contributed by atoms with Crippen LogP contribution in [0, 0.1) is 0 Å². The molecule has 1 atom stereocenters. The van der Waals surface area contributed by atoms with Gasteiger partial charge in [0.05, 0.1) is 17.7 Å². The zero-order valence-electron chi connectivity index (χ0n) is 25.2. The first-order chi connectivity index (χ1) is 21.5. The van der Waals surface area contributed by atoms with E-state index in [1.165, 1.54) is 0 Å². The molecule has 1 unspecified atom stereocenters. The molecule has 0 aromatic heterocycles. The summed E-state index contributed by atoms with van der Waals surface area (Å²) in [5, 5.41) is 0. The molecule has 16 heteroatoms. The predicted octanol–water partition coefficient (Wildman–Crippen LogP) is 4.70. The van der Waals surface area contributed by atoms with Crippen LogP contribution in [-0.2, 0) is 23.1 Å². The summed E-state index contributed by atoms with van der Waals surface area (Å²) >= 11 is 23.5. The number of phosphoric ester groups is 1. The Hall–Kier alpha value is -1.79. The van der Waals surface area contributed by atoms with Crippen molar-refractivity contribution in [1.82, 2.24) is 4.90 Å². The molecule has 45 heavy (non-hydrogen) atoms. The molecule has 0 saturated heterocycles. The molecule has 0 spiro atoms. The molecule has 0 radical (unpaired) electrons. The SMILES string of the molecule is CN(C)CCOP(=O)([O-])OC(COC(=O)c1ccc(N(CCCl)CCCl)cc1)COC(=O)c1ccc(N(CCCl)CCCl)cc1. The minimum atomic E-state index is -4.84. The second kappa shape index (κ2) is 21.2. The van der Waals surface area contributed by atoms with Crippen LogP contribution in [0.1, 0.15) is 20.7 Å². The van der Waals surface area contributed by atoms with Crippen LogP contribution in [0.2, 0.25) is 0 Å². The Kier molecular flexibility index (Phi) is 18.5. The fourth-order valence-electron chi connectivity index (χ4n) is 3.93. The van der Waals surface area contributed by atoms with Gasteiger partial charge in [0, 0.05) is 67.6 Å². The van der Waals surface area contributed by atoms with Crippen LogP contribution in [0.4, 0.5) is 11.4 Å². The van der Waals surface area contributed by atoms with Crippen molar-refractivity contribution in [1.29, 1.82) is 0 Å². The molecule has 252 valence electrons. The van der Waals surface area contributed by atoms with E-state index in [4.69, 9.17) is 64.9 Å². The smallest absolute Gasteiger partial charge is 0.338 e. The molecule has 0 bridgehead atoms. The maximum Gasteiger partial charge on any atom is 0.338 e. The van der Waals surface area contributed by atoms with Gasteiger partial charge in [-0.25, -0.2) is 9.59 Å². The summed E-state index contributed by atoms with van der Waals surface area (Å²) < 4.78 is 33.2. The number of ether oxygens (including phenoxy) is 2. The third kappa shape index (κ3) is 14.7. The summed E-state index contributed by atoms with van der Waals surface area (Å²) in [7, 11) is -1.34. The highest BCUT2D eigenvalue weighted by Gasteiger charge is 2.23. The van der Waals surface area contributed by atoms with Crippen LogP contribution in [0.25, 0.3) is 0 Å².